The van der Waals surface area contributed by atoms with Gasteiger partial charge in [0.15, 0.2) is 0 Å². The first-order chi connectivity index (χ1) is 9.56. The molecule has 3 amide bonds. The summed E-state index contributed by atoms with van der Waals surface area (Å²) < 4.78 is 5.21. The number of amides is 3. The summed E-state index contributed by atoms with van der Waals surface area (Å²) in [6.45, 7) is 1.38. The second-order valence-electron chi connectivity index (χ2n) is 5.01. The number of nitrogens with one attached hydrogen (secondary N) is 2. The Morgan fingerprint density at radius 1 is 1.50 bits per heavy atom. The standard InChI is InChI=1S/C12H19N3O5/c16-10-2-1-8(14-10)6-13-12(19)15-3-4-20-7-9(15)5-11(17)18/h8-9H,1-7H2,(H,13,19)(H,14,16)(H,17,18). The van der Waals surface area contributed by atoms with Crippen LogP contribution >= 0.6 is 0 Å². The largest absolute Gasteiger partial charge is 0.481 e. The Balaban J connectivity index is 1.82. The number of carboxylic acids is 1. The number of hydrogen-bond acceptors (Lipinski definition) is 4. The van der Waals surface area contributed by atoms with Crippen molar-refractivity contribution in [3.63, 3.8) is 0 Å². The molecule has 2 heterocycles. The summed E-state index contributed by atoms with van der Waals surface area (Å²) in [4.78, 5) is 35.4. The Labute approximate surface area is 116 Å². The number of ether oxygens (including phenoxy) is 1. The quantitative estimate of drug-likeness (QED) is 0.623. The van der Waals surface area contributed by atoms with Crippen molar-refractivity contribution in [3.05, 3.63) is 0 Å². The van der Waals surface area contributed by atoms with Crippen molar-refractivity contribution in [2.45, 2.75) is 31.3 Å². The maximum atomic E-state index is 12.1. The van der Waals surface area contributed by atoms with E-state index in [4.69, 9.17) is 9.84 Å². The van der Waals surface area contributed by atoms with Crippen LogP contribution in [0.1, 0.15) is 19.3 Å². The predicted molar refractivity (Wildman–Crippen MR) is 68.1 cm³/mol. The van der Waals surface area contributed by atoms with Crippen LogP contribution in [-0.2, 0) is 14.3 Å². The van der Waals surface area contributed by atoms with E-state index >= 15 is 0 Å². The van der Waals surface area contributed by atoms with Crippen molar-refractivity contribution in [3.8, 4) is 0 Å². The molecule has 0 saturated carbocycles. The normalized spacial score (nSPS) is 26.2. The summed E-state index contributed by atoms with van der Waals surface area (Å²) in [6, 6.07) is -0.787. The van der Waals surface area contributed by atoms with Gasteiger partial charge in [-0.2, -0.15) is 0 Å². The van der Waals surface area contributed by atoms with E-state index in [1.807, 2.05) is 0 Å². The molecule has 0 aromatic carbocycles. The van der Waals surface area contributed by atoms with Gasteiger partial charge in [-0.05, 0) is 6.42 Å². The minimum absolute atomic E-state index is 0.000579. The molecule has 0 radical (unpaired) electrons. The summed E-state index contributed by atoms with van der Waals surface area (Å²) in [5.41, 5.74) is 0. The number of urea groups is 1. The van der Waals surface area contributed by atoms with Crippen LogP contribution in [0.15, 0.2) is 0 Å². The summed E-state index contributed by atoms with van der Waals surface area (Å²) in [5.74, 6) is -0.958. The number of carbonyl (C=O) groups is 3. The zero-order valence-corrected chi connectivity index (χ0v) is 11.1. The van der Waals surface area contributed by atoms with E-state index in [1.54, 1.807) is 0 Å². The second-order valence-corrected chi connectivity index (χ2v) is 5.01. The van der Waals surface area contributed by atoms with Gasteiger partial charge >= 0.3 is 12.0 Å². The summed E-state index contributed by atoms with van der Waals surface area (Å²) in [6.07, 6.45) is 1.06. The smallest absolute Gasteiger partial charge is 0.317 e. The number of rotatable bonds is 4. The molecular formula is C12H19N3O5. The molecule has 2 rings (SSSR count). The minimum Gasteiger partial charge on any atom is -0.481 e. The number of carbonyl (C=O) groups excluding carboxylic acids is 2. The Hall–Kier alpha value is -1.83. The first-order valence-electron chi connectivity index (χ1n) is 6.69. The molecule has 3 N–H and O–H groups in total. The maximum Gasteiger partial charge on any atom is 0.317 e. The fourth-order valence-electron chi connectivity index (χ4n) is 2.44. The van der Waals surface area contributed by atoms with Gasteiger partial charge in [0.2, 0.25) is 5.91 Å². The SMILES string of the molecule is O=C(O)CC1COCCN1C(=O)NCC1CCC(=O)N1. The lowest BCUT2D eigenvalue weighted by Gasteiger charge is -2.35. The highest BCUT2D eigenvalue weighted by molar-refractivity contribution is 5.79. The van der Waals surface area contributed by atoms with E-state index < -0.39 is 12.0 Å². The van der Waals surface area contributed by atoms with Gasteiger partial charge in [-0.25, -0.2) is 4.79 Å². The first kappa shape index (κ1) is 14.6. The zero-order chi connectivity index (χ0) is 14.5. The molecule has 2 atom stereocenters. The molecule has 0 bridgehead atoms. The van der Waals surface area contributed by atoms with Gasteiger partial charge in [-0.15, -0.1) is 0 Å². The topological polar surface area (TPSA) is 108 Å². The van der Waals surface area contributed by atoms with E-state index in [0.717, 1.165) is 0 Å². The van der Waals surface area contributed by atoms with Gasteiger partial charge in [0.05, 0.1) is 25.7 Å². The molecule has 2 aliphatic heterocycles. The molecule has 2 fully saturated rings. The van der Waals surface area contributed by atoms with Gasteiger partial charge in [0.1, 0.15) is 0 Å². The number of hydrogen-bond donors (Lipinski definition) is 3. The Bertz CT molecular complexity index is 401. The summed E-state index contributed by atoms with van der Waals surface area (Å²) in [7, 11) is 0. The minimum atomic E-state index is -0.957. The lowest BCUT2D eigenvalue weighted by Crippen LogP contribution is -2.54. The van der Waals surface area contributed by atoms with E-state index in [2.05, 4.69) is 10.6 Å². The van der Waals surface area contributed by atoms with Gasteiger partial charge in [-0.3, -0.25) is 9.59 Å². The molecule has 0 spiro atoms. The van der Waals surface area contributed by atoms with Crippen molar-refractivity contribution in [2.24, 2.45) is 0 Å². The fraction of sp³-hybridized carbons (Fsp3) is 0.750. The predicted octanol–water partition coefficient (Wildman–Crippen LogP) is -0.850. The highest BCUT2D eigenvalue weighted by atomic mass is 16.5. The highest BCUT2D eigenvalue weighted by Gasteiger charge is 2.30. The fourth-order valence-corrected chi connectivity index (χ4v) is 2.44. The monoisotopic (exact) mass is 285 g/mol. The van der Waals surface area contributed by atoms with Crippen LogP contribution in [-0.4, -0.2) is 66.3 Å². The van der Waals surface area contributed by atoms with E-state index in [-0.39, 0.29) is 31.0 Å². The highest BCUT2D eigenvalue weighted by Crippen LogP contribution is 2.11. The zero-order valence-electron chi connectivity index (χ0n) is 11.1. The van der Waals surface area contributed by atoms with Crippen LogP contribution < -0.4 is 10.6 Å². The van der Waals surface area contributed by atoms with Crippen molar-refractivity contribution in [2.75, 3.05) is 26.3 Å². The van der Waals surface area contributed by atoms with Crippen LogP contribution in [0, 0.1) is 0 Å². The van der Waals surface area contributed by atoms with Crippen molar-refractivity contribution >= 4 is 17.9 Å². The van der Waals surface area contributed by atoms with Gasteiger partial charge < -0.3 is 25.4 Å². The summed E-state index contributed by atoms with van der Waals surface area (Å²) >= 11 is 0. The Morgan fingerprint density at radius 3 is 2.95 bits per heavy atom. The molecule has 2 unspecified atom stereocenters. The lowest BCUT2D eigenvalue weighted by atomic mass is 10.1. The van der Waals surface area contributed by atoms with Crippen LogP contribution in [0.4, 0.5) is 4.79 Å². The number of carboxylic acid groups (broad SMARTS) is 1. The molecule has 2 aliphatic rings. The molecule has 2 saturated heterocycles. The molecular weight excluding hydrogens is 266 g/mol. The summed E-state index contributed by atoms with van der Waals surface area (Å²) in [5, 5.41) is 14.3. The van der Waals surface area contributed by atoms with E-state index in [9.17, 15) is 14.4 Å². The van der Waals surface area contributed by atoms with E-state index in [1.165, 1.54) is 4.90 Å². The number of nitrogens with zero attached hydrogens (tertiary/aromatic N) is 1. The van der Waals surface area contributed by atoms with E-state index in [0.29, 0.717) is 32.5 Å². The van der Waals surface area contributed by atoms with Crippen molar-refractivity contribution in [1.82, 2.24) is 15.5 Å². The average molecular weight is 285 g/mol. The third kappa shape index (κ3) is 3.83. The number of morpholine rings is 1. The average Bonchev–Trinajstić information content (AvgIpc) is 2.82. The van der Waals surface area contributed by atoms with Gasteiger partial charge in [0.25, 0.3) is 0 Å². The molecule has 20 heavy (non-hydrogen) atoms. The second kappa shape index (κ2) is 6.56. The van der Waals surface area contributed by atoms with Crippen molar-refractivity contribution in [1.29, 1.82) is 0 Å². The van der Waals surface area contributed by atoms with Crippen LogP contribution in [0.2, 0.25) is 0 Å². The Morgan fingerprint density at radius 2 is 2.30 bits per heavy atom. The van der Waals surface area contributed by atoms with Gasteiger partial charge in [-0.1, -0.05) is 0 Å². The molecule has 0 aromatic heterocycles. The third-order valence-corrected chi connectivity index (χ3v) is 3.48. The molecule has 8 nitrogen and oxygen atoms in total. The van der Waals surface area contributed by atoms with Crippen LogP contribution in [0.25, 0.3) is 0 Å². The molecule has 8 heteroatoms. The number of aliphatic carboxylic acids is 1. The first-order valence-corrected chi connectivity index (χ1v) is 6.69. The maximum absolute atomic E-state index is 12.1. The lowest BCUT2D eigenvalue weighted by molar-refractivity contribution is -0.139. The Kier molecular flexibility index (Phi) is 4.78. The third-order valence-electron chi connectivity index (χ3n) is 3.48. The molecule has 0 aliphatic carbocycles. The van der Waals surface area contributed by atoms with Crippen molar-refractivity contribution < 1.29 is 24.2 Å². The molecule has 112 valence electrons. The van der Waals surface area contributed by atoms with Crippen LogP contribution in [0.3, 0.4) is 0 Å². The van der Waals surface area contributed by atoms with Crippen LogP contribution in [0.5, 0.6) is 0 Å². The van der Waals surface area contributed by atoms with Gasteiger partial charge in [0, 0.05) is 25.6 Å². The molecule has 0 aromatic rings.